The minimum absolute atomic E-state index is 0.0295. The Morgan fingerprint density at radius 3 is 2.59 bits per heavy atom. The fourth-order valence-corrected chi connectivity index (χ4v) is 4.39. The van der Waals surface area contributed by atoms with Crippen LogP contribution in [0.25, 0.3) is 0 Å². The summed E-state index contributed by atoms with van der Waals surface area (Å²) in [6.45, 7) is 1.91. The minimum atomic E-state index is -0.481. The molecule has 2 fully saturated rings. The molecule has 1 N–H and O–H groups in total. The number of benzene rings is 1. The van der Waals surface area contributed by atoms with E-state index < -0.39 is 5.41 Å². The molecule has 2 aliphatic rings. The third kappa shape index (κ3) is 4.09. The van der Waals surface area contributed by atoms with Crippen molar-refractivity contribution in [3.63, 3.8) is 0 Å². The van der Waals surface area contributed by atoms with Gasteiger partial charge in [-0.05, 0) is 24.3 Å². The summed E-state index contributed by atoms with van der Waals surface area (Å²) in [5, 5.41) is 14.7. The molecule has 0 aliphatic carbocycles. The van der Waals surface area contributed by atoms with Crippen LogP contribution in [0.4, 0.5) is 0 Å². The van der Waals surface area contributed by atoms with Gasteiger partial charge >= 0.3 is 0 Å². The van der Waals surface area contributed by atoms with Crippen LogP contribution in [0.2, 0.25) is 5.02 Å². The highest BCUT2D eigenvalue weighted by atomic mass is 35.5. The third-order valence-corrected chi connectivity index (χ3v) is 6.03. The van der Waals surface area contributed by atoms with E-state index >= 15 is 0 Å². The van der Waals surface area contributed by atoms with Gasteiger partial charge in [0.15, 0.2) is 6.61 Å². The zero-order valence-electron chi connectivity index (χ0n) is 15.9. The molecule has 2 saturated heterocycles. The molecule has 29 heavy (non-hydrogen) atoms. The largest absolute Gasteiger partial charge is 0.484 e. The molecule has 2 atom stereocenters. The number of aliphatic hydroxyl groups excluding tert-OH is 1. The number of fused-ring (bicyclic) bond motifs is 1. The van der Waals surface area contributed by atoms with E-state index in [2.05, 4.69) is 5.10 Å². The average Bonchev–Trinajstić information content (AvgIpc) is 3.40. The second-order valence-electron chi connectivity index (χ2n) is 7.72. The SMILES string of the molecule is O=C(COc1cccc(Cl)c1)N1CC2CN(C(=O)Cn3cccn3)CC2(CO)C1. The molecule has 1 aromatic carbocycles. The van der Waals surface area contributed by atoms with Gasteiger partial charge in [0, 0.05) is 54.9 Å². The fraction of sp³-hybridized carbons (Fsp3) is 0.450. The first-order valence-electron chi connectivity index (χ1n) is 9.51. The van der Waals surface area contributed by atoms with E-state index in [9.17, 15) is 14.7 Å². The Kier molecular flexibility index (Phi) is 5.47. The molecule has 8 nitrogen and oxygen atoms in total. The summed E-state index contributed by atoms with van der Waals surface area (Å²) in [4.78, 5) is 28.7. The quantitative estimate of drug-likeness (QED) is 0.752. The molecule has 4 rings (SSSR count). The number of rotatable bonds is 6. The number of carbonyl (C=O) groups excluding carboxylic acids is 2. The summed E-state index contributed by atoms with van der Waals surface area (Å²) >= 11 is 5.93. The number of likely N-dealkylation sites (tertiary alicyclic amines) is 2. The number of carbonyl (C=O) groups is 2. The van der Waals surface area contributed by atoms with Crippen molar-refractivity contribution < 1.29 is 19.4 Å². The number of aromatic nitrogens is 2. The Morgan fingerprint density at radius 2 is 1.97 bits per heavy atom. The summed E-state index contributed by atoms with van der Waals surface area (Å²) in [6, 6.07) is 8.68. The number of hydrogen-bond donors (Lipinski definition) is 1. The highest BCUT2D eigenvalue weighted by Gasteiger charge is 2.54. The topological polar surface area (TPSA) is 87.9 Å². The first-order valence-corrected chi connectivity index (χ1v) is 9.89. The first kappa shape index (κ1) is 19.7. The number of nitrogens with zero attached hydrogens (tertiary/aromatic N) is 4. The molecule has 2 aromatic rings. The van der Waals surface area contributed by atoms with Crippen molar-refractivity contribution in [2.75, 3.05) is 39.4 Å². The summed E-state index contributed by atoms with van der Waals surface area (Å²) in [5.74, 6) is 0.418. The van der Waals surface area contributed by atoms with Gasteiger partial charge < -0.3 is 19.6 Å². The zero-order valence-corrected chi connectivity index (χ0v) is 16.7. The molecule has 0 spiro atoms. The molecule has 9 heteroatoms. The summed E-state index contributed by atoms with van der Waals surface area (Å²) in [7, 11) is 0. The Hall–Kier alpha value is -2.58. The van der Waals surface area contributed by atoms with Gasteiger partial charge in [0.1, 0.15) is 12.3 Å². The summed E-state index contributed by atoms with van der Waals surface area (Å²) in [5.41, 5.74) is -0.481. The zero-order chi connectivity index (χ0) is 20.4. The monoisotopic (exact) mass is 418 g/mol. The Morgan fingerprint density at radius 1 is 1.21 bits per heavy atom. The number of amides is 2. The van der Waals surface area contributed by atoms with Gasteiger partial charge in [-0.15, -0.1) is 0 Å². The van der Waals surface area contributed by atoms with Crippen LogP contribution in [0.15, 0.2) is 42.7 Å². The van der Waals surface area contributed by atoms with Crippen LogP contribution in [0, 0.1) is 11.3 Å². The Balaban J connectivity index is 1.34. The molecule has 0 radical (unpaired) electrons. The highest BCUT2D eigenvalue weighted by molar-refractivity contribution is 6.30. The number of hydrogen-bond acceptors (Lipinski definition) is 5. The van der Waals surface area contributed by atoms with Crippen molar-refractivity contribution in [3.8, 4) is 5.75 Å². The molecular formula is C20H23ClN4O4. The van der Waals surface area contributed by atoms with Crippen molar-refractivity contribution in [2.24, 2.45) is 11.3 Å². The van der Waals surface area contributed by atoms with Gasteiger partial charge in [0.25, 0.3) is 5.91 Å². The van der Waals surface area contributed by atoms with Gasteiger partial charge in [0.2, 0.25) is 5.91 Å². The van der Waals surface area contributed by atoms with Gasteiger partial charge in [0.05, 0.1) is 6.61 Å². The van der Waals surface area contributed by atoms with Crippen LogP contribution in [0.1, 0.15) is 0 Å². The van der Waals surface area contributed by atoms with E-state index in [0.717, 1.165) is 0 Å². The van der Waals surface area contributed by atoms with Crippen LogP contribution in [0.5, 0.6) is 5.75 Å². The Bertz CT molecular complexity index is 890. The van der Waals surface area contributed by atoms with Gasteiger partial charge in [-0.1, -0.05) is 17.7 Å². The lowest BCUT2D eigenvalue weighted by atomic mass is 9.82. The number of aliphatic hydroxyl groups is 1. The maximum absolute atomic E-state index is 12.6. The predicted molar refractivity (Wildman–Crippen MR) is 105 cm³/mol. The van der Waals surface area contributed by atoms with Gasteiger partial charge in [-0.25, -0.2) is 0 Å². The van der Waals surface area contributed by atoms with E-state index in [4.69, 9.17) is 16.3 Å². The van der Waals surface area contributed by atoms with Crippen LogP contribution in [-0.4, -0.2) is 75.9 Å². The van der Waals surface area contributed by atoms with E-state index in [1.54, 1.807) is 57.2 Å². The molecule has 2 aliphatic heterocycles. The first-order chi connectivity index (χ1) is 14.0. The predicted octanol–water partition coefficient (Wildman–Crippen LogP) is 0.895. The highest BCUT2D eigenvalue weighted by Crippen LogP contribution is 2.42. The fourth-order valence-electron chi connectivity index (χ4n) is 4.21. The smallest absolute Gasteiger partial charge is 0.260 e. The molecular weight excluding hydrogens is 396 g/mol. The van der Waals surface area contributed by atoms with Crippen LogP contribution in [-0.2, 0) is 16.1 Å². The number of halogens is 1. The van der Waals surface area contributed by atoms with Gasteiger partial charge in [-0.2, -0.15) is 5.10 Å². The molecule has 154 valence electrons. The second-order valence-corrected chi connectivity index (χ2v) is 8.15. The van der Waals surface area contributed by atoms with E-state index in [1.807, 2.05) is 0 Å². The molecule has 0 saturated carbocycles. The van der Waals surface area contributed by atoms with E-state index in [0.29, 0.717) is 37.0 Å². The second kappa shape index (κ2) is 8.04. The molecule has 1 aromatic heterocycles. The van der Waals surface area contributed by atoms with Crippen LogP contribution >= 0.6 is 11.6 Å². The normalized spacial score (nSPS) is 23.3. The third-order valence-electron chi connectivity index (χ3n) is 5.79. The average molecular weight is 419 g/mol. The van der Waals surface area contributed by atoms with E-state index in [1.165, 1.54) is 0 Å². The summed E-state index contributed by atoms with van der Waals surface area (Å²) in [6.07, 6.45) is 3.38. The lowest BCUT2D eigenvalue weighted by Crippen LogP contribution is -2.42. The van der Waals surface area contributed by atoms with Crippen molar-refractivity contribution in [1.29, 1.82) is 0 Å². The summed E-state index contributed by atoms with van der Waals surface area (Å²) < 4.78 is 7.14. The van der Waals surface area contributed by atoms with Gasteiger partial charge in [-0.3, -0.25) is 14.3 Å². The van der Waals surface area contributed by atoms with Crippen molar-refractivity contribution >= 4 is 23.4 Å². The standard InChI is InChI=1S/C20H23ClN4O4/c21-16-3-1-4-17(7-16)29-11-19(28)24-9-15-8-23(12-20(15,13-24)14-26)18(27)10-25-6-2-5-22-25/h1-7,15,26H,8-14H2. The maximum atomic E-state index is 12.6. The molecule has 2 unspecified atom stereocenters. The van der Waals surface area contributed by atoms with Crippen molar-refractivity contribution in [3.05, 3.63) is 47.7 Å². The minimum Gasteiger partial charge on any atom is -0.484 e. The lowest BCUT2D eigenvalue weighted by Gasteiger charge is -2.27. The van der Waals surface area contributed by atoms with Crippen LogP contribution < -0.4 is 4.74 Å². The molecule has 2 amide bonds. The maximum Gasteiger partial charge on any atom is 0.260 e. The Labute approximate surface area is 173 Å². The lowest BCUT2D eigenvalue weighted by molar-refractivity contribution is -0.133. The molecule has 3 heterocycles. The van der Waals surface area contributed by atoms with Crippen molar-refractivity contribution in [2.45, 2.75) is 6.54 Å². The molecule has 0 bridgehead atoms. The van der Waals surface area contributed by atoms with Crippen molar-refractivity contribution in [1.82, 2.24) is 19.6 Å². The number of ether oxygens (including phenoxy) is 1. The van der Waals surface area contributed by atoms with Crippen LogP contribution in [0.3, 0.4) is 0 Å². The van der Waals surface area contributed by atoms with E-state index in [-0.39, 0.29) is 37.5 Å².